The lowest BCUT2D eigenvalue weighted by molar-refractivity contribution is 0.381. The highest BCUT2D eigenvalue weighted by Gasteiger charge is 2.35. The van der Waals surface area contributed by atoms with E-state index in [1.54, 1.807) is 55.6 Å². The molecule has 700 valence electrons. The Morgan fingerprint density at radius 3 is 0.815 bits per heavy atom. The summed E-state index contributed by atoms with van der Waals surface area (Å²) >= 11 is 0. The zero-order chi connectivity index (χ0) is 96.2. The third-order valence-electron chi connectivity index (χ3n) is 26.1. The molecule has 8 aromatic rings. The van der Waals surface area contributed by atoms with E-state index in [1.807, 2.05) is 110 Å². The predicted molar refractivity (Wildman–Crippen MR) is 547 cm³/mol. The highest BCUT2D eigenvalue weighted by molar-refractivity contribution is 5.88. The Bertz CT molecular complexity index is 5300. The molecule has 12 nitrogen and oxygen atoms in total. The first kappa shape index (κ1) is 106. The summed E-state index contributed by atoms with van der Waals surface area (Å²) in [6, 6.07) is 33.7. The number of phenols is 11. The molecule has 130 heavy (non-hydrogen) atoms. The number of aryl methyl sites for hydroxylation is 8. The number of unbranched alkanes of at least 4 members (excludes halogenated alkanes) is 5. The van der Waals surface area contributed by atoms with Crippen molar-refractivity contribution in [2.75, 3.05) is 7.11 Å². The largest absolute Gasteiger partial charge is 0.507 e. The minimum atomic E-state index is 0.0199. The SMILES string of the molecule is C=C(C)[C@@H]1CCC(C)=C[C@H]1c1c(O)cc(C)cc1O.C=C(C)[C@@H]1CCC(C)=C[C@H]1c1c(O)cc(CCC)cc1O.C=C(C)[C@@H]1CCC(C)=C[C@H]1c1c(O)cc(CCCC)cc1O.C=C(C)[C@@H]1CCC(C)=C[C@H]1c1c(O)cc(CCCCC)cc1OC.C=C(C)c1ccc(C)cc1-c1c(O)cc(CCC)cc1O.C=C(C)c1ccc(C)cc1-c1c(O)cc(CCCCC)cc1O. The van der Waals surface area contributed by atoms with Crippen molar-refractivity contribution in [2.45, 2.75) is 296 Å². The molecule has 12 heteroatoms. The number of benzene rings is 8. The summed E-state index contributed by atoms with van der Waals surface area (Å²) in [5.74, 6) is 4.29. The zero-order valence-corrected chi connectivity index (χ0v) is 82.2. The second kappa shape index (κ2) is 50.2. The van der Waals surface area contributed by atoms with Gasteiger partial charge in [-0.1, -0.05) is 247 Å². The summed E-state index contributed by atoms with van der Waals surface area (Å²) in [7, 11) is 1.70. The topological polar surface area (TPSA) is 232 Å². The minimum Gasteiger partial charge on any atom is -0.507 e. The third kappa shape index (κ3) is 28.9. The van der Waals surface area contributed by atoms with Crippen molar-refractivity contribution < 1.29 is 60.9 Å². The maximum atomic E-state index is 10.8. The maximum Gasteiger partial charge on any atom is 0.127 e. The first-order chi connectivity index (χ1) is 61.6. The van der Waals surface area contributed by atoms with E-state index in [2.05, 4.69) is 139 Å². The van der Waals surface area contributed by atoms with E-state index >= 15 is 0 Å². The second-order valence-electron chi connectivity index (χ2n) is 37.9. The standard InChI is InChI=1S/C22H32O2.C21H26O2.C20H28O2.C19H26O2.C19H22O2.C17H22O2/c1-6-7-8-9-17-13-20(23)22(21(14-17)24-5)19-12-16(4)10-11-18(19)15(2)3;1-5-6-7-8-16-12-19(22)21(20(23)13-16)18-11-15(4)9-10-17(18)14(2)3;1-5-6-7-15-11-18(21)20(19(22)12-15)17-10-14(4)8-9-16(17)13(2)3;2*1-5-6-14-10-17(20)19(18(21)11-14)16-9-13(4)7-8-15(16)12(2)3;1-10(2)13-6-5-11(3)7-14(13)17-15(18)8-12(4)9-16(17)19/h12-14,18-19,23H,2,6-11H2,1,3-5H3;9-13,22-23H,2,5-8H2,1,3-4H3;10-12,16-17,21-22H,2,5-9H2,1,3-4H3;9-11,15-16,20-21H,2,5-8H2,1,3-4H3;7-11,20-21H,2,5-6H2,1,3-4H3;7-9,13-14,18-19H,1,5-6H2,2-4H3/t18-,19+;;16-,17+;15-,16+;;13-,14+/m0.00.0/s1. The Morgan fingerprint density at radius 1 is 0.292 bits per heavy atom. The van der Waals surface area contributed by atoms with Gasteiger partial charge in [-0.3, -0.25) is 0 Å². The van der Waals surface area contributed by atoms with Crippen LogP contribution in [0.5, 0.6) is 69.0 Å². The van der Waals surface area contributed by atoms with Crippen molar-refractivity contribution >= 4 is 11.1 Å². The molecule has 0 saturated heterocycles. The van der Waals surface area contributed by atoms with Crippen molar-refractivity contribution in [1.82, 2.24) is 0 Å². The lowest BCUT2D eigenvalue weighted by atomic mass is 9.73. The van der Waals surface area contributed by atoms with E-state index in [-0.39, 0.29) is 98.9 Å². The lowest BCUT2D eigenvalue weighted by Crippen LogP contribution is -2.17. The van der Waals surface area contributed by atoms with Gasteiger partial charge in [-0.15, -0.1) is 0 Å². The molecule has 0 saturated carbocycles. The summed E-state index contributed by atoms with van der Waals surface area (Å²) in [5, 5.41) is 115. The fourth-order valence-corrected chi connectivity index (χ4v) is 19.1. The summed E-state index contributed by atoms with van der Waals surface area (Å²) in [4.78, 5) is 0. The minimum absolute atomic E-state index is 0.0199. The molecule has 0 radical (unpaired) electrons. The Hall–Kier alpha value is -11.2. The van der Waals surface area contributed by atoms with Gasteiger partial charge in [0.05, 0.1) is 18.2 Å². The van der Waals surface area contributed by atoms with Gasteiger partial charge in [-0.2, -0.15) is 0 Å². The van der Waals surface area contributed by atoms with Crippen LogP contribution in [-0.4, -0.2) is 63.3 Å². The number of allylic oxidation sites excluding steroid dienone is 14. The van der Waals surface area contributed by atoms with Crippen LogP contribution in [0.15, 0.2) is 218 Å². The fourth-order valence-electron chi connectivity index (χ4n) is 19.1. The van der Waals surface area contributed by atoms with E-state index in [0.29, 0.717) is 39.5 Å². The molecule has 8 aromatic carbocycles. The van der Waals surface area contributed by atoms with Crippen LogP contribution in [0, 0.1) is 44.4 Å². The van der Waals surface area contributed by atoms with Crippen molar-refractivity contribution in [3.05, 3.63) is 295 Å². The number of ether oxygens (including phenoxy) is 1. The van der Waals surface area contributed by atoms with Crippen molar-refractivity contribution in [3.8, 4) is 91.2 Å². The average Bonchev–Trinajstić information content (AvgIpc) is 0.852. The molecule has 11 N–H and O–H groups in total. The highest BCUT2D eigenvalue weighted by Crippen LogP contribution is 2.53. The summed E-state index contributed by atoms with van der Waals surface area (Å²) in [5.41, 5.74) is 27.1. The molecular weight excluding hydrogens is 1610 g/mol. The van der Waals surface area contributed by atoms with Gasteiger partial charge in [-0.25, -0.2) is 0 Å². The molecule has 0 spiro atoms. The van der Waals surface area contributed by atoms with Gasteiger partial charge in [0.2, 0.25) is 0 Å². The number of rotatable bonds is 28. The van der Waals surface area contributed by atoms with Crippen LogP contribution in [0.25, 0.3) is 33.4 Å². The fraction of sp³-hybridized carbons (Fsp3) is 0.424. The van der Waals surface area contributed by atoms with Crippen LogP contribution in [0.4, 0.5) is 0 Å². The molecule has 4 aliphatic rings. The Morgan fingerprint density at radius 2 is 0.546 bits per heavy atom. The van der Waals surface area contributed by atoms with E-state index in [4.69, 9.17) is 4.74 Å². The summed E-state index contributed by atoms with van der Waals surface area (Å²) < 4.78 is 5.67. The van der Waals surface area contributed by atoms with Crippen LogP contribution in [0.2, 0.25) is 0 Å². The van der Waals surface area contributed by atoms with Crippen molar-refractivity contribution in [1.29, 1.82) is 0 Å². The van der Waals surface area contributed by atoms with Crippen LogP contribution < -0.4 is 4.74 Å². The van der Waals surface area contributed by atoms with Gasteiger partial charge in [0.25, 0.3) is 0 Å². The van der Waals surface area contributed by atoms with E-state index in [0.717, 1.165) is 241 Å². The molecular formula is C118H156O12. The van der Waals surface area contributed by atoms with E-state index in [9.17, 15) is 56.2 Å². The molecule has 0 heterocycles. The van der Waals surface area contributed by atoms with Gasteiger partial charge in [0.1, 0.15) is 69.0 Å². The normalized spacial score (nSPS) is 18.0. The quantitative estimate of drug-likeness (QED) is 0.0162. The van der Waals surface area contributed by atoms with Gasteiger partial charge in [0.15, 0.2) is 0 Å². The Labute approximate surface area is 780 Å². The molecule has 4 aliphatic carbocycles. The average molecular weight is 1770 g/mol. The number of methoxy groups -OCH3 is 1. The highest BCUT2D eigenvalue weighted by atomic mass is 16.5. The van der Waals surface area contributed by atoms with Gasteiger partial charge in [0, 0.05) is 45.9 Å². The molecule has 0 aromatic heterocycles. The van der Waals surface area contributed by atoms with Crippen LogP contribution in [0.3, 0.4) is 0 Å². The number of hydrogen-bond donors (Lipinski definition) is 11. The van der Waals surface area contributed by atoms with E-state index < -0.39 is 0 Å². The second-order valence-corrected chi connectivity index (χ2v) is 37.9. The van der Waals surface area contributed by atoms with Gasteiger partial charge in [-0.05, 0) is 345 Å². The monoisotopic (exact) mass is 1770 g/mol. The summed E-state index contributed by atoms with van der Waals surface area (Å²) in [6.07, 6.45) is 32.8. The van der Waals surface area contributed by atoms with E-state index in [1.165, 1.54) is 40.7 Å². The van der Waals surface area contributed by atoms with Crippen LogP contribution in [-0.2, 0) is 32.1 Å². The predicted octanol–water partition coefficient (Wildman–Crippen LogP) is 32.0. The number of phenolic OH excluding ortho intramolecular Hbond substituents is 11. The smallest absolute Gasteiger partial charge is 0.127 e. The van der Waals surface area contributed by atoms with Crippen molar-refractivity contribution in [3.63, 3.8) is 0 Å². The summed E-state index contributed by atoms with van der Waals surface area (Å²) in [6.45, 7) is 61.5. The first-order valence-electron chi connectivity index (χ1n) is 47.6. The molecule has 0 bridgehead atoms. The Balaban J connectivity index is 0.000000214. The number of aromatic hydroxyl groups is 11. The molecule has 0 aliphatic heterocycles. The lowest BCUT2D eigenvalue weighted by Gasteiger charge is -2.32. The van der Waals surface area contributed by atoms with Crippen LogP contribution >= 0.6 is 0 Å². The third-order valence-corrected chi connectivity index (χ3v) is 26.1. The molecule has 8 atom stereocenters. The van der Waals surface area contributed by atoms with Gasteiger partial charge < -0.3 is 60.9 Å². The number of hydrogen-bond acceptors (Lipinski definition) is 12. The molecule has 0 amide bonds. The Kier molecular flexibility index (Phi) is 40.9. The van der Waals surface area contributed by atoms with Gasteiger partial charge >= 0.3 is 0 Å². The molecule has 12 rings (SSSR count). The first-order valence-corrected chi connectivity index (χ1v) is 47.6. The molecule has 0 unspecified atom stereocenters. The maximum absolute atomic E-state index is 10.8. The zero-order valence-electron chi connectivity index (χ0n) is 82.2. The molecule has 0 fully saturated rings. The van der Waals surface area contributed by atoms with Crippen LogP contribution in [0.1, 0.15) is 321 Å². The van der Waals surface area contributed by atoms with Crippen molar-refractivity contribution in [2.24, 2.45) is 23.7 Å².